The third-order valence-electron chi connectivity index (χ3n) is 3.50. The molecule has 3 N–H and O–H groups in total. The fraction of sp³-hybridized carbons (Fsp3) is 0.917. The van der Waals surface area contributed by atoms with Gasteiger partial charge in [-0.15, -0.1) is 0 Å². The molecule has 6 heteroatoms. The molecular formula is C12H21F3N2O. The standard InChI is InChI=1S/C12H21F3N2O/c1-7(2)10(16)11(18)17-9-5-3-4-8(6-9)12(13,14)15/h7-10H,3-6,16H2,1-2H3,(H,17,18)/t8?,9?,10-/m0/s1. The van der Waals surface area contributed by atoms with Crippen molar-refractivity contribution in [3.05, 3.63) is 0 Å². The van der Waals surface area contributed by atoms with Crippen LogP contribution in [0.3, 0.4) is 0 Å². The van der Waals surface area contributed by atoms with E-state index in [2.05, 4.69) is 5.32 Å². The monoisotopic (exact) mass is 266 g/mol. The molecule has 2 unspecified atom stereocenters. The topological polar surface area (TPSA) is 55.1 Å². The summed E-state index contributed by atoms with van der Waals surface area (Å²) in [5, 5.41) is 2.64. The molecule has 3 nitrogen and oxygen atoms in total. The average molecular weight is 266 g/mol. The number of nitrogens with one attached hydrogen (secondary N) is 1. The van der Waals surface area contributed by atoms with Crippen LogP contribution in [0.1, 0.15) is 39.5 Å². The molecule has 0 saturated heterocycles. The summed E-state index contributed by atoms with van der Waals surface area (Å²) >= 11 is 0. The van der Waals surface area contributed by atoms with Crippen LogP contribution in [0.5, 0.6) is 0 Å². The minimum absolute atomic E-state index is 0.0213. The summed E-state index contributed by atoms with van der Waals surface area (Å²) in [6, 6.07) is -1.06. The van der Waals surface area contributed by atoms with Crippen LogP contribution in [0.15, 0.2) is 0 Å². The van der Waals surface area contributed by atoms with Crippen LogP contribution in [0.25, 0.3) is 0 Å². The molecule has 18 heavy (non-hydrogen) atoms. The molecule has 0 spiro atoms. The normalized spacial score (nSPS) is 27.1. The van der Waals surface area contributed by atoms with Gasteiger partial charge in [0.25, 0.3) is 0 Å². The van der Waals surface area contributed by atoms with E-state index in [9.17, 15) is 18.0 Å². The maximum Gasteiger partial charge on any atom is 0.391 e. The van der Waals surface area contributed by atoms with Crippen LogP contribution in [-0.2, 0) is 4.79 Å². The third kappa shape index (κ3) is 4.15. The van der Waals surface area contributed by atoms with Crippen LogP contribution < -0.4 is 11.1 Å². The van der Waals surface area contributed by atoms with Crippen molar-refractivity contribution >= 4 is 5.91 Å². The van der Waals surface area contributed by atoms with Crippen LogP contribution in [0, 0.1) is 11.8 Å². The number of carbonyl (C=O) groups is 1. The molecule has 1 amide bonds. The molecule has 0 bridgehead atoms. The first-order chi connectivity index (χ1) is 8.21. The number of halogens is 3. The summed E-state index contributed by atoms with van der Waals surface area (Å²) in [7, 11) is 0. The van der Waals surface area contributed by atoms with Crippen molar-refractivity contribution in [3.8, 4) is 0 Å². The maximum absolute atomic E-state index is 12.6. The molecular weight excluding hydrogens is 245 g/mol. The highest BCUT2D eigenvalue weighted by molar-refractivity contribution is 5.82. The second-order valence-electron chi connectivity index (χ2n) is 5.38. The first kappa shape index (κ1) is 15.3. The van der Waals surface area contributed by atoms with Crippen molar-refractivity contribution in [2.75, 3.05) is 0 Å². The number of hydrogen-bond donors (Lipinski definition) is 2. The molecule has 1 fully saturated rings. The number of alkyl halides is 3. The summed E-state index contributed by atoms with van der Waals surface area (Å²) in [6.45, 7) is 3.62. The van der Waals surface area contributed by atoms with Crippen molar-refractivity contribution in [1.82, 2.24) is 5.32 Å². The lowest BCUT2D eigenvalue weighted by Gasteiger charge is -2.31. The third-order valence-corrected chi connectivity index (χ3v) is 3.50. The fourth-order valence-corrected chi connectivity index (χ4v) is 2.22. The Labute approximate surface area is 105 Å². The van der Waals surface area contributed by atoms with Gasteiger partial charge in [-0.1, -0.05) is 20.3 Å². The highest BCUT2D eigenvalue weighted by Gasteiger charge is 2.42. The molecule has 1 aliphatic rings. The fourth-order valence-electron chi connectivity index (χ4n) is 2.22. The minimum atomic E-state index is -4.16. The van der Waals surface area contributed by atoms with E-state index in [4.69, 9.17) is 5.73 Å². The minimum Gasteiger partial charge on any atom is -0.352 e. The maximum atomic E-state index is 12.6. The predicted molar refractivity (Wildman–Crippen MR) is 62.8 cm³/mol. The van der Waals surface area contributed by atoms with E-state index >= 15 is 0 Å². The van der Waals surface area contributed by atoms with Gasteiger partial charge in [0.2, 0.25) is 5.91 Å². The number of hydrogen-bond acceptors (Lipinski definition) is 2. The smallest absolute Gasteiger partial charge is 0.352 e. The quantitative estimate of drug-likeness (QED) is 0.823. The lowest BCUT2D eigenvalue weighted by Crippen LogP contribution is -2.49. The van der Waals surface area contributed by atoms with E-state index in [1.54, 1.807) is 0 Å². The second-order valence-corrected chi connectivity index (χ2v) is 5.38. The Morgan fingerprint density at radius 1 is 1.33 bits per heavy atom. The zero-order chi connectivity index (χ0) is 13.9. The van der Waals surface area contributed by atoms with Gasteiger partial charge in [-0.3, -0.25) is 4.79 Å². The molecule has 0 aromatic carbocycles. The first-order valence-electron chi connectivity index (χ1n) is 6.34. The highest BCUT2D eigenvalue weighted by atomic mass is 19.4. The van der Waals surface area contributed by atoms with Gasteiger partial charge in [0.05, 0.1) is 12.0 Å². The molecule has 0 radical (unpaired) electrons. The summed E-state index contributed by atoms with van der Waals surface area (Å²) < 4.78 is 37.8. The average Bonchev–Trinajstić information content (AvgIpc) is 2.27. The molecule has 0 heterocycles. The van der Waals surface area contributed by atoms with Crippen molar-refractivity contribution in [1.29, 1.82) is 0 Å². The summed E-state index contributed by atoms with van der Waals surface area (Å²) in [4.78, 5) is 11.7. The van der Waals surface area contributed by atoms with Crippen molar-refractivity contribution in [2.45, 2.75) is 57.8 Å². The molecule has 106 valence electrons. The zero-order valence-electron chi connectivity index (χ0n) is 10.8. The second kappa shape index (κ2) is 5.91. The van der Waals surface area contributed by atoms with E-state index in [1.807, 2.05) is 13.8 Å². The Bertz CT molecular complexity index is 292. The summed E-state index contributed by atoms with van der Waals surface area (Å²) in [5.74, 6) is -1.67. The summed E-state index contributed by atoms with van der Waals surface area (Å²) in [6.07, 6.45) is -2.94. The number of rotatable bonds is 3. The number of carbonyl (C=O) groups excluding carboxylic acids is 1. The molecule has 1 aliphatic carbocycles. The van der Waals surface area contributed by atoms with Gasteiger partial charge >= 0.3 is 6.18 Å². The van der Waals surface area contributed by atoms with Gasteiger partial charge < -0.3 is 11.1 Å². The lowest BCUT2D eigenvalue weighted by molar-refractivity contribution is -0.184. The summed E-state index contributed by atoms with van der Waals surface area (Å²) in [5.41, 5.74) is 5.66. The van der Waals surface area contributed by atoms with Crippen molar-refractivity contribution in [3.63, 3.8) is 0 Å². The number of amides is 1. The van der Waals surface area contributed by atoms with E-state index in [-0.39, 0.29) is 24.7 Å². The van der Waals surface area contributed by atoms with Crippen LogP contribution in [-0.4, -0.2) is 24.2 Å². The Kier molecular flexibility index (Phi) is 5.01. The van der Waals surface area contributed by atoms with Crippen LogP contribution >= 0.6 is 0 Å². The Morgan fingerprint density at radius 2 is 1.94 bits per heavy atom. The predicted octanol–water partition coefficient (Wildman–Crippen LogP) is 2.21. The molecule has 1 rings (SSSR count). The first-order valence-corrected chi connectivity index (χ1v) is 6.34. The van der Waals surface area contributed by atoms with Gasteiger partial charge in [0.15, 0.2) is 0 Å². The van der Waals surface area contributed by atoms with E-state index in [1.165, 1.54) is 0 Å². The van der Waals surface area contributed by atoms with E-state index < -0.39 is 24.2 Å². The Balaban J connectivity index is 2.50. The van der Waals surface area contributed by atoms with Crippen LogP contribution in [0.2, 0.25) is 0 Å². The lowest BCUT2D eigenvalue weighted by atomic mass is 9.85. The van der Waals surface area contributed by atoms with Gasteiger partial charge in [-0.2, -0.15) is 13.2 Å². The molecule has 0 aliphatic heterocycles. The van der Waals surface area contributed by atoms with Crippen molar-refractivity contribution < 1.29 is 18.0 Å². The molecule has 0 aromatic rings. The van der Waals surface area contributed by atoms with Crippen LogP contribution in [0.4, 0.5) is 13.2 Å². The molecule has 1 saturated carbocycles. The largest absolute Gasteiger partial charge is 0.391 e. The van der Waals surface area contributed by atoms with Gasteiger partial charge in [0.1, 0.15) is 0 Å². The van der Waals surface area contributed by atoms with Crippen molar-refractivity contribution in [2.24, 2.45) is 17.6 Å². The van der Waals surface area contributed by atoms with Gasteiger partial charge in [-0.05, 0) is 25.2 Å². The van der Waals surface area contributed by atoms with E-state index in [0.717, 1.165) is 0 Å². The molecule has 0 aromatic heterocycles. The van der Waals surface area contributed by atoms with Gasteiger partial charge in [0, 0.05) is 6.04 Å². The number of nitrogens with two attached hydrogens (primary N) is 1. The molecule has 3 atom stereocenters. The Morgan fingerprint density at radius 3 is 2.44 bits per heavy atom. The van der Waals surface area contributed by atoms with Gasteiger partial charge in [-0.25, -0.2) is 0 Å². The zero-order valence-corrected chi connectivity index (χ0v) is 10.8. The highest BCUT2D eigenvalue weighted by Crippen LogP contribution is 2.37. The SMILES string of the molecule is CC(C)[C@H](N)C(=O)NC1CCCC(C(F)(F)F)C1. The Hall–Kier alpha value is -0.780. The van der Waals surface area contributed by atoms with E-state index in [0.29, 0.717) is 12.8 Å².